The number of carbonyl (C=O) groups is 1. The van der Waals surface area contributed by atoms with Gasteiger partial charge >= 0.3 is 0 Å². The van der Waals surface area contributed by atoms with Crippen LogP contribution in [0, 0.1) is 23.7 Å². The lowest BCUT2D eigenvalue weighted by Gasteiger charge is -2.44. The molecule has 0 radical (unpaired) electrons. The first-order valence-corrected chi connectivity index (χ1v) is 32.6. The lowest BCUT2D eigenvalue weighted by atomic mass is 9.98. The minimum Gasteiger partial charge on any atom is -0.394 e. The number of rotatable bonds is 48. The highest BCUT2D eigenvalue weighted by atomic mass is 16.7. The molecule has 4 rings (SSSR count). The number of hydrogen-bond acceptors (Lipinski definition) is 14. The van der Waals surface area contributed by atoms with Crippen molar-refractivity contribution in [3.05, 3.63) is 36.0 Å². The molecule has 17 atom stereocenters. The minimum atomic E-state index is -1.71. The van der Waals surface area contributed by atoms with Gasteiger partial charge in [0.05, 0.1) is 38.6 Å². The smallest absolute Gasteiger partial charge is 0.249 e. The fourth-order valence-corrected chi connectivity index (χ4v) is 11.8. The van der Waals surface area contributed by atoms with Gasteiger partial charge in [-0.3, -0.25) is 4.79 Å². The molecule has 2 heterocycles. The standard InChI is InChI=1S/C65H117NO14/c1-5-7-9-11-13-16-22-28-34-48-42-50(48)36-30-24-18-15-19-26-32-38-53(68)52(66-63(75)54(69)39-33-27-21-20-25-31-37-51-43-49(51)35-29-23-17-14-12-10-8-6-2)45-77-65-62(76-41-40-47(3)4)60(73)58(71)56(80-65)46-78-64-61(74)59(72)57(70)55(44-67)79-64/h15,19,21,27,40,48-62,64-65,67-74H,5-14,16-18,20,22-26,28-39,41-46H2,1-4H3,(H,66,75). The summed E-state index contributed by atoms with van der Waals surface area (Å²) >= 11 is 0. The van der Waals surface area contributed by atoms with Crippen LogP contribution in [-0.4, -0.2) is 153 Å². The van der Waals surface area contributed by atoms with E-state index in [1.54, 1.807) is 6.08 Å². The maximum absolute atomic E-state index is 13.6. The quantitative estimate of drug-likeness (QED) is 0.0204. The van der Waals surface area contributed by atoms with Gasteiger partial charge in [0, 0.05) is 0 Å². The normalized spacial score (nSPS) is 29.8. The van der Waals surface area contributed by atoms with Crippen molar-refractivity contribution in [1.29, 1.82) is 0 Å². The molecule has 466 valence electrons. The molecule has 0 aromatic heterocycles. The van der Waals surface area contributed by atoms with Gasteiger partial charge in [0.1, 0.15) is 54.9 Å². The summed E-state index contributed by atoms with van der Waals surface area (Å²) < 4.78 is 29.6. The van der Waals surface area contributed by atoms with Gasteiger partial charge in [-0.15, -0.1) is 0 Å². The van der Waals surface area contributed by atoms with Crippen molar-refractivity contribution in [1.82, 2.24) is 5.32 Å². The van der Waals surface area contributed by atoms with Crippen LogP contribution in [0.2, 0.25) is 0 Å². The Morgan fingerprint density at radius 2 is 1.01 bits per heavy atom. The molecular formula is C65H117NO14. The molecule has 2 aliphatic heterocycles. The number of carbonyl (C=O) groups excluding carboxylic acids is 1. The number of unbranched alkanes of at least 4 members (excludes halogenated alkanes) is 19. The third-order valence-corrected chi connectivity index (χ3v) is 17.4. The molecule has 4 aliphatic rings. The molecule has 17 unspecified atom stereocenters. The third kappa shape index (κ3) is 28.4. The molecule has 80 heavy (non-hydrogen) atoms. The van der Waals surface area contributed by atoms with Gasteiger partial charge in [-0.1, -0.05) is 191 Å². The predicted molar refractivity (Wildman–Crippen MR) is 315 cm³/mol. The number of hydrogen-bond donors (Lipinski definition) is 9. The summed E-state index contributed by atoms with van der Waals surface area (Å²) in [5, 5.41) is 88.9. The minimum absolute atomic E-state index is 0.0453. The second-order valence-electron chi connectivity index (χ2n) is 24.7. The molecule has 2 aliphatic carbocycles. The number of ether oxygens (including phenoxy) is 5. The molecule has 2 saturated heterocycles. The molecule has 4 fully saturated rings. The van der Waals surface area contributed by atoms with E-state index in [9.17, 15) is 45.6 Å². The summed E-state index contributed by atoms with van der Waals surface area (Å²) in [5.41, 5.74) is 0.946. The Hall–Kier alpha value is -1.83. The van der Waals surface area contributed by atoms with Crippen molar-refractivity contribution in [3.63, 3.8) is 0 Å². The Kier molecular flexibility index (Phi) is 37.2. The molecule has 9 N–H and O–H groups in total. The molecule has 0 aromatic carbocycles. The van der Waals surface area contributed by atoms with E-state index in [1.165, 1.54) is 161 Å². The first-order valence-electron chi connectivity index (χ1n) is 32.6. The highest BCUT2D eigenvalue weighted by molar-refractivity contribution is 5.80. The van der Waals surface area contributed by atoms with Crippen LogP contribution in [0.5, 0.6) is 0 Å². The molecule has 0 aromatic rings. The maximum Gasteiger partial charge on any atom is 0.249 e. The molecular weight excluding hydrogens is 1020 g/mol. The van der Waals surface area contributed by atoms with Crippen molar-refractivity contribution in [2.75, 3.05) is 26.4 Å². The number of aliphatic hydroxyl groups is 8. The van der Waals surface area contributed by atoms with E-state index < -0.39 is 98.8 Å². The van der Waals surface area contributed by atoms with Gasteiger partial charge in [0.25, 0.3) is 0 Å². The Labute approximate surface area is 484 Å². The zero-order valence-electron chi connectivity index (χ0n) is 50.4. The molecule has 15 nitrogen and oxygen atoms in total. The topological polar surface area (TPSA) is 237 Å². The van der Waals surface area contributed by atoms with E-state index in [-0.39, 0.29) is 19.6 Å². The molecule has 1 amide bonds. The number of allylic oxidation sites excluding steroid dienone is 5. The highest BCUT2D eigenvalue weighted by Gasteiger charge is 2.49. The van der Waals surface area contributed by atoms with Crippen LogP contribution in [-0.2, 0) is 28.5 Å². The zero-order chi connectivity index (χ0) is 57.9. The largest absolute Gasteiger partial charge is 0.394 e. The summed E-state index contributed by atoms with van der Waals surface area (Å²) in [7, 11) is 0. The van der Waals surface area contributed by atoms with Crippen molar-refractivity contribution < 1.29 is 69.3 Å². The number of nitrogens with one attached hydrogen (secondary N) is 1. The predicted octanol–water partition coefficient (Wildman–Crippen LogP) is 10.3. The van der Waals surface area contributed by atoms with Gasteiger partial charge in [-0.05, 0) is 108 Å². The van der Waals surface area contributed by atoms with Gasteiger partial charge in [0.2, 0.25) is 5.91 Å². The Balaban J connectivity index is 1.25. The van der Waals surface area contributed by atoms with Gasteiger partial charge in [0.15, 0.2) is 12.6 Å². The van der Waals surface area contributed by atoms with Crippen LogP contribution in [0.15, 0.2) is 36.0 Å². The SMILES string of the molecule is CCCCCCCCCCC1CC1CCCCC=CCCCC(O)C(COC1OC(COC2OC(CO)C(O)C(O)C2O)C(O)C(O)C1OCC=C(C)C)NC(=O)C(O)CCC=CCCCCC1CC1CCCCCCCCCC. The average molecular weight is 1140 g/mol. The third-order valence-electron chi connectivity index (χ3n) is 17.4. The molecule has 0 spiro atoms. The summed E-state index contributed by atoms with van der Waals surface area (Å²) in [6.07, 6.45) is 32.5. The summed E-state index contributed by atoms with van der Waals surface area (Å²) in [4.78, 5) is 13.6. The van der Waals surface area contributed by atoms with Crippen molar-refractivity contribution in [3.8, 4) is 0 Å². The van der Waals surface area contributed by atoms with Crippen molar-refractivity contribution in [2.45, 2.75) is 319 Å². The van der Waals surface area contributed by atoms with Gasteiger partial charge < -0.3 is 69.9 Å². The van der Waals surface area contributed by atoms with Crippen molar-refractivity contribution in [2.24, 2.45) is 23.7 Å². The Morgan fingerprint density at radius 3 is 1.54 bits per heavy atom. The first-order chi connectivity index (χ1) is 38.8. The second-order valence-corrected chi connectivity index (χ2v) is 24.7. The first kappa shape index (κ1) is 70.7. The van der Waals surface area contributed by atoms with Crippen LogP contribution < -0.4 is 5.32 Å². The van der Waals surface area contributed by atoms with E-state index in [4.69, 9.17) is 23.7 Å². The van der Waals surface area contributed by atoms with E-state index in [2.05, 4.69) is 37.4 Å². The van der Waals surface area contributed by atoms with Crippen LogP contribution in [0.1, 0.15) is 240 Å². The average Bonchev–Trinajstić information content (AvgIpc) is 4.42. The van der Waals surface area contributed by atoms with Gasteiger partial charge in [-0.2, -0.15) is 0 Å². The summed E-state index contributed by atoms with van der Waals surface area (Å²) in [5.74, 6) is 3.06. The van der Waals surface area contributed by atoms with Gasteiger partial charge in [-0.25, -0.2) is 0 Å². The monoisotopic (exact) mass is 1140 g/mol. The maximum atomic E-state index is 13.6. The van der Waals surface area contributed by atoms with E-state index in [0.717, 1.165) is 54.9 Å². The lowest BCUT2D eigenvalue weighted by molar-refractivity contribution is -0.334. The van der Waals surface area contributed by atoms with E-state index in [1.807, 2.05) is 19.9 Å². The Morgan fingerprint density at radius 1 is 0.537 bits per heavy atom. The van der Waals surface area contributed by atoms with Crippen LogP contribution in [0.3, 0.4) is 0 Å². The molecule has 15 heteroatoms. The highest BCUT2D eigenvalue weighted by Crippen LogP contribution is 2.46. The van der Waals surface area contributed by atoms with E-state index in [0.29, 0.717) is 19.3 Å². The zero-order valence-corrected chi connectivity index (χ0v) is 50.4. The number of aliphatic hydroxyl groups excluding tert-OH is 8. The lowest BCUT2D eigenvalue weighted by Crippen LogP contribution is -2.62. The number of amides is 1. The van der Waals surface area contributed by atoms with Crippen molar-refractivity contribution >= 4 is 5.91 Å². The summed E-state index contributed by atoms with van der Waals surface area (Å²) in [6, 6.07) is -1.00. The fourth-order valence-electron chi connectivity index (χ4n) is 11.8. The fraction of sp³-hybridized carbons (Fsp3) is 0.892. The second kappa shape index (κ2) is 42.1. The van der Waals surface area contributed by atoms with Crippen LogP contribution in [0.25, 0.3) is 0 Å². The van der Waals surface area contributed by atoms with Crippen LogP contribution in [0.4, 0.5) is 0 Å². The van der Waals surface area contributed by atoms with E-state index >= 15 is 0 Å². The van der Waals surface area contributed by atoms with Crippen LogP contribution >= 0.6 is 0 Å². The molecule has 2 saturated carbocycles. The Bertz CT molecular complexity index is 1660. The summed E-state index contributed by atoms with van der Waals surface area (Å²) in [6.45, 7) is 6.88. The molecule has 0 bridgehead atoms.